The minimum Gasteiger partial charge on any atom is -0.348 e. The Balaban J connectivity index is 2.22. The Morgan fingerprint density at radius 1 is 1.30 bits per heavy atom. The van der Waals surface area contributed by atoms with E-state index in [0.29, 0.717) is 12.2 Å². The summed E-state index contributed by atoms with van der Waals surface area (Å²) in [4.78, 5) is 30.4. The monoisotopic (exact) mass is 269 g/mol. The number of pyridine rings is 2. The van der Waals surface area contributed by atoms with Gasteiger partial charge in [0, 0.05) is 30.2 Å². The molecule has 0 aliphatic carbocycles. The van der Waals surface area contributed by atoms with E-state index in [2.05, 4.69) is 15.3 Å². The Kier molecular flexibility index (Phi) is 4.44. The van der Waals surface area contributed by atoms with Crippen LogP contribution in [0.25, 0.3) is 11.3 Å². The molecule has 102 valence electrons. The molecule has 5 heteroatoms. The van der Waals surface area contributed by atoms with Gasteiger partial charge in [0.05, 0.1) is 0 Å². The van der Waals surface area contributed by atoms with Gasteiger partial charge in [0.1, 0.15) is 5.56 Å². The van der Waals surface area contributed by atoms with Crippen molar-refractivity contribution in [3.63, 3.8) is 0 Å². The highest BCUT2D eigenvalue weighted by Gasteiger charge is 2.10. The minimum atomic E-state index is -0.405. The van der Waals surface area contributed by atoms with Crippen molar-refractivity contribution in [2.45, 2.75) is 6.92 Å². The van der Waals surface area contributed by atoms with Crippen LogP contribution in [-0.2, 0) is 0 Å². The molecule has 0 saturated carbocycles. The molecule has 0 unspecified atom stereocenters. The van der Waals surface area contributed by atoms with E-state index < -0.39 is 5.56 Å². The molecule has 0 aliphatic heterocycles. The third kappa shape index (κ3) is 3.20. The van der Waals surface area contributed by atoms with Gasteiger partial charge in [-0.2, -0.15) is 0 Å². The summed E-state index contributed by atoms with van der Waals surface area (Å²) in [7, 11) is 0. The first-order chi connectivity index (χ1) is 9.72. The molecule has 0 atom stereocenters. The van der Waals surface area contributed by atoms with Crippen LogP contribution in [0.15, 0.2) is 53.6 Å². The van der Waals surface area contributed by atoms with Crippen molar-refractivity contribution in [1.82, 2.24) is 15.3 Å². The summed E-state index contributed by atoms with van der Waals surface area (Å²) in [5.41, 5.74) is 1.20. The molecular weight excluding hydrogens is 254 g/mol. The second-order valence-electron chi connectivity index (χ2n) is 4.13. The predicted molar refractivity (Wildman–Crippen MR) is 77.4 cm³/mol. The Labute approximate surface area is 116 Å². The summed E-state index contributed by atoms with van der Waals surface area (Å²) >= 11 is 0. The van der Waals surface area contributed by atoms with Gasteiger partial charge in [0.25, 0.3) is 11.5 Å². The highest BCUT2D eigenvalue weighted by Crippen LogP contribution is 2.13. The first kappa shape index (κ1) is 13.7. The van der Waals surface area contributed by atoms with Crippen LogP contribution in [0.5, 0.6) is 0 Å². The molecule has 0 bridgehead atoms. The van der Waals surface area contributed by atoms with Crippen molar-refractivity contribution in [3.05, 3.63) is 64.7 Å². The molecule has 2 rings (SSSR count). The molecule has 0 aromatic carbocycles. The molecule has 2 aromatic heterocycles. The molecule has 0 fully saturated rings. The molecule has 20 heavy (non-hydrogen) atoms. The van der Waals surface area contributed by atoms with E-state index in [0.717, 1.165) is 5.56 Å². The number of H-pyrrole nitrogens is 1. The van der Waals surface area contributed by atoms with Crippen LogP contribution in [0.4, 0.5) is 0 Å². The Morgan fingerprint density at radius 2 is 2.05 bits per heavy atom. The lowest BCUT2D eigenvalue weighted by Crippen LogP contribution is -2.29. The molecule has 2 heterocycles. The fourth-order valence-electron chi connectivity index (χ4n) is 1.72. The number of hydrogen-bond acceptors (Lipinski definition) is 3. The molecule has 0 radical (unpaired) electrons. The van der Waals surface area contributed by atoms with Gasteiger partial charge in [-0.1, -0.05) is 12.2 Å². The van der Waals surface area contributed by atoms with Gasteiger partial charge in [-0.05, 0) is 31.2 Å². The second kappa shape index (κ2) is 6.47. The van der Waals surface area contributed by atoms with Crippen molar-refractivity contribution in [3.8, 4) is 11.3 Å². The zero-order chi connectivity index (χ0) is 14.4. The Hall–Kier alpha value is -2.69. The standard InChI is InChI=1S/C15H15N3O2/c1-2-3-8-17-14(19)12-4-5-13(18-15(12)20)11-6-9-16-10-7-11/h2-7,9-10H,8H2,1H3,(H,17,19)(H,18,20)/b3-2+. The lowest BCUT2D eigenvalue weighted by molar-refractivity contribution is 0.0956. The van der Waals surface area contributed by atoms with Crippen molar-refractivity contribution in [2.75, 3.05) is 6.54 Å². The van der Waals surface area contributed by atoms with Crippen molar-refractivity contribution in [2.24, 2.45) is 0 Å². The van der Waals surface area contributed by atoms with Crippen LogP contribution < -0.4 is 10.9 Å². The number of rotatable bonds is 4. The van der Waals surface area contributed by atoms with E-state index in [4.69, 9.17) is 0 Å². The number of nitrogens with zero attached hydrogens (tertiary/aromatic N) is 1. The number of nitrogens with one attached hydrogen (secondary N) is 2. The van der Waals surface area contributed by atoms with E-state index in [9.17, 15) is 9.59 Å². The topological polar surface area (TPSA) is 74.8 Å². The van der Waals surface area contributed by atoms with Gasteiger partial charge in [-0.3, -0.25) is 14.6 Å². The average Bonchev–Trinajstić information content (AvgIpc) is 2.48. The number of aromatic amines is 1. The maximum absolute atomic E-state index is 11.9. The van der Waals surface area contributed by atoms with E-state index in [1.165, 1.54) is 6.07 Å². The van der Waals surface area contributed by atoms with Crippen LogP contribution in [0.2, 0.25) is 0 Å². The maximum atomic E-state index is 11.9. The van der Waals surface area contributed by atoms with Gasteiger partial charge >= 0.3 is 0 Å². The number of allylic oxidation sites excluding steroid dienone is 1. The van der Waals surface area contributed by atoms with Gasteiger partial charge in [0.2, 0.25) is 0 Å². The molecule has 0 saturated heterocycles. The van der Waals surface area contributed by atoms with Crippen molar-refractivity contribution in [1.29, 1.82) is 0 Å². The van der Waals surface area contributed by atoms with Crippen molar-refractivity contribution < 1.29 is 4.79 Å². The fourth-order valence-corrected chi connectivity index (χ4v) is 1.72. The van der Waals surface area contributed by atoms with E-state index in [1.807, 2.05) is 13.0 Å². The third-order valence-electron chi connectivity index (χ3n) is 2.76. The molecule has 0 spiro atoms. The zero-order valence-electron chi connectivity index (χ0n) is 11.1. The van der Waals surface area contributed by atoms with Crippen LogP contribution in [0.3, 0.4) is 0 Å². The molecular formula is C15H15N3O2. The summed E-state index contributed by atoms with van der Waals surface area (Å²) in [5, 5.41) is 2.64. The number of hydrogen-bond donors (Lipinski definition) is 2. The first-order valence-corrected chi connectivity index (χ1v) is 6.25. The average molecular weight is 269 g/mol. The first-order valence-electron chi connectivity index (χ1n) is 6.25. The van der Waals surface area contributed by atoms with Crippen LogP contribution >= 0.6 is 0 Å². The Bertz CT molecular complexity index is 675. The van der Waals surface area contributed by atoms with Gasteiger partial charge in [-0.25, -0.2) is 0 Å². The third-order valence-corrected chi connectivity index (χ3v) is 2.76. The summed E-state index contributed by atoms with van der Waals surface area (Å²) < 4.78 is 0. The summed E-state index contributed by atoms with van der Waals surface area (Å²) in [5.74, 6) is -0.384. The summed E-state index contributed by atoms with van der Waals surface area (Å²) in [6.45, 7) is 2.27. The molecule has 1 amide bonds. The number of carbonyl (C=O) groups is 1. The lowest BCUT2D eigenvalue weighted by Gasteiger charge is -2.04. The predicted octanol–water partition coefficient (Wildman–Crippen LogP) is 1.74. The minimum absolute atomic E-state index is 0.104. The largest absolute Gasteiger partial charge is 0.348 e. The summed E-state index contributed by atoms with van der Waals surface area (Å²) in [6, 6.07) is 6.81. The number of amides is 1. The highest BCUT2D eigenvalue weighted by molar-refractivity contribution is 5.94. The zero-order valence-corrected chi connectivity index (χ0v) is 11.1. The van der Waals surface area contributed by atoms with E-state index in [1.54, 1.807) is 36.7 Å². The lowest BCUT2D eigenvalue weighted by atomic mass is 10.1. The van der Waals surface area contributed by atoms with Crippen molar-refractivity contribution >= 4 is 5.91 Å². The normalized spacial score (nSPS) is 10.7. The van der Waals surface area contributed by atoms with Crippen LogP contribution in [0, 0.1) is 0 Å². The van der Waals surface area contributed by atoms with Gasteiger partial charge < -0.3 is 10.3 Å². The van der Waals surface area contributed by atoms with Crippen LogP contribution in [0.1, 0.15) is 17.3 Å². The van der Waals surface area contributed by atoms with Crippen LogP contribution in [-0.4, -0.2) is 22.4 Å². The SMILES string of the molecule is C/C=C/CNC(=O)c1ccc(-c2ccncc2)[nH]c1=O. The number of aromatic nitrogens is 2. The second-order valence-corrected chi connectivity index (χ2v) is 4.13. The Morgan fingerprint density at radius 3 is 2.70 bits per heavy atom. The summed E-state index contributed by atoms with van der Waals surface area (Å²) in [6.07, 6.45) is 6.92. The molecule has 0 aliphatic rings. The van der Waals surface area contributed by atoms with Gasteiger partial charge in [0.15, 0.2) is 0 Å². The quantitative estimate of drug-likeness (QED) is 0.830. The van der Waals surface area contributed by atoms with Gasteiger partial charge in [-0.15, -0.1) is 0 Å². The smallest absolute Gasteiger partial charge is 0.261 e. The number of carbonyl (C=O) groups excluding carboxylic acids is 1. The molecule has 2 N–H and O–H groups in total. The molecule has 2 aromatic rings. The van der Waals surface area contributed by atoms with E-state index >= 15 is 0 Å². The van der Waals surface area contributed by atoms with E-state index in [-0.39, 0.29) is 11.5 Å². The fraction of sp³-hybridized carbons (Fsp3) is 0.133. The molecule has 5 nitrogen and oxygen atoms in total. The maximum Gasteiger partial charge on any atom is 0.261 e. The highest BCUT2D eigenvalue weighted by atomic mass is 16.2.